The van der Waals surface area contributed by atoms with E-state index in [4.69, 9.17) is 4.74 Å². The summed E-state index contributed by atoms with van der Waals surface area (Å²) in [5.41, 5.74) is -0.0183. The monoisotopic (exact) mass is 328 g/mol. The van der Waals surface area contributed by atoms with E-state index >= 15 is 0 Å². The van der Waals surface area contributed by atoms with Crippen LogP contribution in [0.1, 0.15) is 39.0 Å². The standard InChI is InChI=1S/C19H24N2O3/c1-2-11-21-12-10-15-16(19(21)23)8-5-9-17(15)24-13-18(22)20-14-6-3-4-7-14/h5,8-10,12,14H,2-4,6-7,11,13H2,1H3,(H,20,22). The molecule has 0 spiro atoms. The third kappa shape index (κ3) is 3.61. The minimum Gasteiger partial charge on any atom is -0.483 e. The second-order valence-electron chi connectivity index (χ2n) is 6.37. The first-order valence-electron chi connectivity index (χ1n) is 8.73. The first-order chi connectivity index (χ1) is 11.7. The largest absolute Gasteiger partial charge is 0.483 e. The second kappa shape index (κ2) is 7.51. The molecule has 1 fully saturated rings. The summed E-state index contributed by atoms with van der Waals surface area (Å²) in [4.78, 5) is 24.5. The van der Waals surface area contributed by atoms with E-state index in [1.807, 2.05) is 13.0 Å². The van der Waals surface area contributed by atoms with Gasteiger partial charge in [0.15, 0.2) is 6.61 Å². The fourth-order valence-electron chi connectivity index (χ4n) is 3.31. The van der Waals surface area contributed by atoms with Crippen LogP contribution in [0.5, 0.6) is 5.75 Å². The van der Waals surface area contributed by atoms with Crippen LogP contribution in [0.4, 0.5) is 0 Å². The van der Waals surface area contributed by atoms with E-state index in [1.165, 1.54) is 12.8 Å². The van der Waals surface area contributed by atoms with Crippen molar-refractivity contribution in [3.8, 4) is 5.75 Å². The lowest BCUT2D eigenvalue weighted by Gasteiger charge is -2.14. The highest BCUT2D eigenvalue weighted by Gasteiger charge is 2.17. The number of aryl methyl sites for hydroxylation is 1. The molecule has 3 rings (SSSR count). The van der Waals surface area contributed by atoms with Crippen molar-refractivity contribution in [1.82, 2.24) is 9.88 Å². The van der Waals surface area contributed by atoms with Gasteiger partial charge < -0.3 is 14.6 Å². The van der Waals surface area contributed by atoms with Crippen LogP contribution in [0.3, 0.4) is 0 Å². The molecule has 1 aliphatic carbocycles. The van der Waals surface area contributed by atoms with E-state index < -0.39 is 0 Å². The first kappa shape index (κ1) is 16.6. The van der Waals surface area contributed by atoms with Gasteiger partial charge in [-0.3, -0.25) is 9.59 Å². The summed E-state index contributed by atoms with van der Waals surface area (Å²) in [5.74, 6) is 0.480. The third-order valence-corrected chi connectivity index (χ3v) is 4.52. The number of benzene rings is 1. The molecule has 2 aromatic rings. The van der Waals surface area contributed by atoms with E-state index in [1.54, 1.807) is 29.0 Å². The van der Waals surface area contributed by atoms with Gasteiger partial charge in [0, 0.05) is 24.2 Å². The summed E-state index contributed by atoms with van der Waals surface area (Å²) in [6, 6.07) is 7.57. The fraction of sp³-hybridized carbons (Fsp3) is 0.474. The molecule has 1 amide bonds. The summed E-state index contributed by atoms with van der Waals surface area (Å²) in [5, 5.41) is 4.38. The maximum atomic E-state index is 12.5. The molecule has 0 aliphatic heterocycles. The van der Waals surface area contributed by atoms with E-state index in [-0.39, 0.29) is 24.1 Å². The average molecular weight is 328 g/mol. The highest BCUT2D eigenvalue weighted by Crippen LogP contribution is 2.23. The number of carbonyl (C=O) groups is 1. The Kier molecular flexibility index (Phi) is 5.18. The normalized spacial score (nSPS) is 14.9. The fourth-order valence-corrected chi connectivity index (χ4v) is 3.31. The Morgan fingerprint density at radius 3 is 2.79 bits per heavy atom. The second-order valence-corrected chi connectivity index (χ2v) is 6.37. The van der Waals surface area contributed by atoms with Crippen LogP contribution in [-0.2, 0) is 11.3 Å². The van der Waals surface area contributed by atoms with Crippen molar-refractivity contribution in [2.75, 3.05) is 6.61 Å². The van der Waals surface area contributed by atoms with Crippen LogP contribution in [0.2, 0.25) is 0 Å². The number of nitrogens with one attached hydrogen (secondary N) is 1. The average Bonchev–Trinajstić information content (AvgIpc) is 3.08. The minimum absolute atomic E-state index is 0.0183. The Labute approximate surface area is 141 Å². The van der Waals surface area contributed by atoms with E-state index in [9.17, 15) is 9.59 Å². The van der Waals surface area contributed by atoms with Crippen molar-refractivity contribution < 1.29 is 9.53 Å². The summed E-state index contributed by atoms with van der Waals surface area (Å²) in [6.07, 6.45) is 7.16. The van der Waals surface area contributed by atoms with Gasteiger partial charge in [-0.15, -0.1) is 0 Å². The van der Waals surface area contributed by atoms with Crippen molar-refractivity contribution in [3.05, 3.63) is 40.8 Å². The number of amides is 1. The van der Waals surface area contributed by atoms with Gasteiger partial charge in [-0.25, -0.2) is 0 Å². The zero-order valence-corrected chi connectivity index (χ0v) is 14.1. The van der Waals surface area contributed by atoms with Crippen molar-refractivity contribution >= 4 is 16.7 Å². The van der Waals surface area contributed by atoms with Crippen molar-refractivity contribution in [2.24, 2.45) is 0 Å². The van der Waals surface area contributed by atoms with Gasteiger partial charge in [0.1, 0.15) is 5.75 Å². The molecule has 0 saturated heterocycles. The maximum Gasteiger partial charge on any atom is 0.258 e. The van der Waals surface area contributed by atoms with Gasteiger partial charge >= 0.3 is 0 Å². The summed E-state index contributed by atoms with van der Waals surface area (Å²) in [7, 11) is 0. The van der Waals surface area contributed by atoms with Gasteiger partial charge in [0.25, 0.3) is 11.5 Å². The van der Waals surface area contributed by atoms with Crippen LogP contribution in [0.25, 0.3) is 10.8 Å². The van der Waals surface area contributed by atoms with E-state index in [0.29, 0.717) is 17.7 Å². The molecule has 5 heteroatoms. The number of carbonyl (C=O) groups excluding carboxylic acids is 1. The van der Waals surface area contributed by atoms with Crippen LogP contribution in [-0.4, -0.2) is 23.1 Å². The number of hydrogen-bond acceptors (Lipinski definition) is 3. The molecule has 1 aliphatic rings. The lowest BCUT2D eigenvalue weighted by molar-refractivity contribution is -0.123. The third-order valence-electron chi connectivity index (χ3n) is 4.52. The zero-order chi connectivity index (χ0) is 16.9. The predicted molar refractivity (Wildman–Crippen MR) is 94.4 cm³/mol. The molecule has 0 atom stereocenters. The molecule has 24 heavy (non-hydrogen) atoms. The lowest BCUT2D eigenvalue weighted by Crippen LogP contribution is -2.36. The Morgan fingerprint density at radius 1 is 1.25 bits per heavy atom. The van der Waals surface area contributed by atoms with Crippen LogP contribution in [0.15, 0.2) is 35.3 Å². The van der Waals surface area contributed by atoms with Gasteiger partial charge in [-0.1, -0.05) is 25.8 Å². The summed E-state index contributed by atoms with van der Waals surface area (Å²) < 4.78 is 7.39. The van der Waals surface area contributed by atoms with Crippen LogP contribution < -0.4 is 15.6 Å². The molecule has 0 bridgehead atoms. The molecule has 5 nitrogen and oxygen atoms in total. The molecular formula is C19H24N2O3. The summed E-state index contributed by atoms with van der Waals surface area (Å²) >= 11 is 0. The SMILES string of the molecule is CCCn1ccc2c(OCC(=O)NC3CCCC3)cccc2c1=O. The van der Waals surface area contributed by atoms with Crippen molar-refractivity contribution in [1.29, 1.82) is 0 Å². The zero-order valence-electron chi connectivity index (χ0n) is 14.1. The molecule has 1 aromatic heterocycles. The number of ether oxygens (including phenoxy) is 1. The molecule has 0 unspecified atom stereocenters. The Bertz CT molecular complexity index is 776. The molecule has 1 aromatic carbocycles. The number of aromatic nitrogens is 1. The van der Waals surface area contributed by atoms with Gasteiger partial charge in [-0.05, 0) is 37.5 Å². The highest BCUT2D eigenvalue weighted by atomic mass is 16.5. The quantitative estimate of drug-likeness (QED) is 0.887. The molecule has 0 radical (unpaired) electrons. The topological polar surface area (TPSA) is 60.3 Å². The minimum atomic E-state index is -0.0989. The number of rotatable bonds is 6. The molecule has 1 saturated carbocycles. The van der Waals surface area contributed by atoms with Crippen molar-refractivity contribution in [2.45, 2.75) is 51.6 Å². The van der Waals surface area contributed by atoms with Gasteiger partial charge in [0.2, 0.25) is 0 Å². The van der Waals surface area contributed by atoms with Crippen LogP contribution in [0, 0.1) is 0 Å². The number of hydrogen-bond donors (Lipinski definition) is 1. The van der Waals surface area contributed by atoms with Crippen molar-refractivity contribution in [3.63, 3.8) is 0 Å². The predicted octanol–water partition coefficient (Wildman–Crippen LogP) is 2.85. The Balaban J connectivity index is 1.73. The first-order valence-corrected chi connectivity index (χ1v) is 8.73. The number of pyridine rings is 1. The molecular weight excluding hydrogens is 304 g/mol. The maximum absolute atomic E-state index is 12.5. The number of fused-ring (bicyclic) bond motifs is 1. The molecule has 128 valence electrons. The van der Waals surface area contributed by atoms with Gasteiger partial charge in [0.05, 0.1) is 5.39 Å². The molecule has 1 N–H and O–H groups in total. The van der Waals surface area contributed by atoms with E-state index in [2.05, 4.69) is 5.32 Å². The summed E-state index contributed by atoms with van der Waals surface area (Å²) in [6.45, 7) is 2.72. The van der Waals surface area contributed by atoms with E-state index in [0.717, 1.165) is 24.6 Å². The Morgan fingerprint density at radius 2 is 2.04 bits per heavy atom. The Hall–Kier alpha value is -2.30. The lowest BCUT2D eigenvalue weighted by atomic mass is 10.1. The molecule has 1 heterocycles. The smallest absolute Gasteiger partial charge is 0.258 e. The highest BCUT2D eigenvalue weighted by molar-refractivity contribution is 5.88. The van der Waals surface area contributed by atoms with Crippen LogP contribution >= 0.6 is 0 Å². The van der Waals surface area contributed by atoms with Gasteiger partial charge in [-0.2, -0.15) is 0 Å². The number of nitrogens with zero attached hydrogens (tertiary/aromatic N) is 1.